The van der Waals surface area contributed by atoms with Gasteiger partial charge in [-0.3, -0.25) is 0 Å². The maximum atomic E-state index is 5.94. The molecule has 19 heavy (non-hydrogen) atoms. The minimum absolute atomic E-state index is 0.307. The maximum Gasteiger partial charge on any atom is 0.0780 e. The minimum Gasteiger partial charge on any atom is -0.355 e. The molecule has 2 rings (SSSR count). The predicted octanol–water partition coefficient (Wildman–Crippen LogP) is 7.35. The molecule has 0 spiro atoms. The van der Waals surface area contributed by atoms with E-state index in [0.717, 1.165) is 0 Å². The summed E-state index contributed by atoms with van der Waals surface area (Å²) in [5, 5.41) is 5.08. The summed E-state index contributed by atoms with van der Waals surface area (Å²) in [5.41, 5.74) is 1.32. The highest BCUT2D eigenvalue weighted by Gasteiger charge is 2.09. The summed E-state index contributed by atoms with van der Waals surface area (Å²) >= 11 is 35.5. The highest BCUT2D eigenvalue weighted by atomic mass is 35.5. The molecule has 7 heteroatoms. The van der Waals surface area contributed by atoms with Crippen molar-refractivity contribution in [1.82, 2.24) is 0 Å². The van der Waals surface area contributed by atoms with Crippen molar-refractivity contribution >= 4 is 81.0 Å². The second-order valence-electron chi connectivity index (χ2n) is 3.63. The molecular formula is C12H5Cl6N. The van der Waals surface area contributed by atoms with E-state index in [-0.39, 0.29) is 0 Å². The Bertz CT molecular complexity index is 539. The van der Waals surface area contributed by atoms with Crippen LogP contribution >= 0.6 is 69.6 Å². The number of rotatable bonds is 2. The molecular weight excluding hydrogens is 371 g/mol. The lowest BCUT2D eigenvalue weighted by Gasteiger charge is -2.10. The van der Waals surface area contributed by atoms with Gasteiger partial charge in [0, 0.05) is 11.4 Å². The van der Waals surface area contributed by atoms with Gasteiger partial charge < -0.3 is 5.32 Å². The van der Waals surface area contributed by atoms with Crippen molar-refractivity contribution in [2.24, 2.45) is 0 Å². The summed E-state index contributed by atoms with van der Waals surface area (Å²) < 4.78 is 0. The van der Waals surface area contributed by atoms with Crippen LogP contribution in [0.4, 0.5) is 11.4 Å². The van der Waals surface area contributed by atoms with Gasteiger partial charge in [0.05, 0.1) is 30.1 Å². The van der Waals surface area contributed by atoms with Crippen molar-refractivity contribution in [3.05, 3.63) is 54.4 Å². The topological polar surface area (TPSA) is 12.0 Å². The van der Waals surface area contributed by atoms with Crippen molar-refractivity contribution in [1.29, 1.82) is 0 Å². The van der Waals surface area contributed by atoms with Crippen molar-refractivity contribution < 1.29 is 0 Å². The molecule has 0 unspecified atom stereocenters. The number of nitrogens with one attached hydrogen (secondary N) is 1. The quantitative estimate of drug-likeness (QED) is 0.541. The molecule has 0 heterocycles. The highest BCUT2D eigenvalue weighted by Crippen LogP contribution is 2.37. The van der Waals surface area contributed by atoms with Crippen molar-refractivity contribution in [3.63, 3.8) is 0 Å². The zero-order valence-electron chi connectivity index (χ0n) is 9.08. The van der Waals surface area contributed by atoms with Crippen molar-refractivity contribution in [2.75, 3.05) is 5.32 Å². The summed E-state index contributed by atoms with van der Waals surface area (Å²) in [4.78, 5) is 0. The largest absolute Gasteiger partial charge is 0.355 e. The molecule has 0 bridgehead atoms. The molecule has 0 saturated carbocycles. The minimum atomic E-state index is 0.307. The number of hydrogen-bond acceptors (Lipinski definition) is 1. The third kappa shape index (κ3) is 3.55. The maximum absolute atomic E-state index is 5.94. The molecule has 0 fully saturated rings. The Hall–Kier alpha value is -0.0200. The van der Waals surface area contributed by atoms with Gasteiger partial charge in [0.2, 0.25) is 0 Å². The molecule has 0 aromatic heterocycles. The molecule has 0 aliphatic heterocycles. The summed E-state index contributed by atoms with van der Waals surface area (Å²) in [5.74, 6) is 0. The fourth-order valence-corrected chi connectivity index (χ4v) is 2.61. The molecule has 0 radical (unpaired) electrons. The third-order valence-corrected chi connectivity index (χ3v) is 4.65. The van der Waals surface area contributed by atoms with Crippen LogP contribution in [0.5, 0.6) is 0 Å². The molecule has 0 aliphatic rings. The summed E-state index contributed by atoms with van der Waals surface area (Å²) in [6, 6.07) is 6.58. The van der Waals surface area contributed by atoms with Crippen molar-refractivity contribution in [2.45, 2.75) is 0 Å². The van der Waals surface area contributed by atoms with Crippen LogP contribution in [0.3, 0.4) is 0 Å². The fourth-order valence-electron chi connectivity index (χ4n) is 1.42. The number of halogens is 6. The Morgan fingerprint density at radius 3 is 1.05 bits per heavy atom. The van der Waals surface area contributed by atoms with Crippen LogP contribution < -0.4 is 5.32 Å². The van der Waals surface area contributed by atoms with Gasteiger partial charge in [0.1, 0.15) is 0 Å². The molecule has 2 aromatic carbocycles. The van der Waals surface area contributed by atoms with Crippen LogP contribution in [0.15, 0.2) is 24.3 Å². The van der Waals surface area contributed by atoms with E-state index in [1.165, 1.54) is 0 Å². The zero-order chi connectivity index (χ0) is 14.2. The van der Waals surface area contributed by atoms with Gasteiger partial charge >= 0.3 is 0 Å². The molecule has 100 valence electrons. The molecule has 0 saturated heterocycles. The van der Waals surface area contributed by atoms with Gasteiger partial charge in [-0.05, 0) is 24.3 Å². The summed E-state index contributed by atoms with van der Waals surface area (Å²) in [6.45, 7) is 0. The predicted molar refractivity (Wildman–Crippen MR) is 86.2 cm³/mol. The Morgan fingerprint density at radius 2 is 0.789 bits per heavy atom. The van der Waals surface area contributed by atoms with E-state index in [4.69, 9.17) is 69.6 Å². The Kier molecular flexibility index (Phi) is 4.99. The average Bonchev–Trinajstić information content (AvgIpc) is 2.33. The number of benzene rings is 2. The van der Waals surface area contributed by atoms with Gasteiger partial charge in [-0.15, -0.1) is 0 Å². The van der Waals surface area contributed by atoms with E-state index >= 15 is 0 Å². The van der Waals surface area contributed by atoms with Gasteiger partial charge in [0.25, 0.3) is 0 Å². The lowest BCUT2D eigenvalue weighted by atomic mass is 10.2. The smallest absolute Gasteiger partial charge is 0.0780 e. The normalized spacial score (nSPS) is 10.6. The summed E-state index contributed by atoms with van der Waals surface area (Å²) in [7, 11) is 0. The zero-order valence-corrected chi connectivity index (χ0v) is 13.6. The fraction of sp³-hybridized carbons (Fsp3) is 0. The number of anilines is 2. The van der Waals surface area contributed by atoms with Gasteiger partial charge in [-0.1, -0.05) is 69.6 Å². The Morgan fingerprint density at radius 1 is 0.526 bits per heavy atom. The molecule has 0 amide bonds. The SMILES string of the molecule is Clc1cc(Nc2cc(Cl)c(Cl)c(Cl)c2)cc(Cl)c1Cl. The molecule has 1 N–H and O–H groups in total. The van der Waals surface area contributed by atoms with Crippen LogP contribution in [0, 0.1) is 0 Å². The lowest BCUT2D eigenvalue weighted by molar-refractivity contribution is 1.55. The van der Waals surface area contributed by atoms with Crippen molar-refractivity contribution in [3.8, 4) is 0 Å². The van der Waals surface area contributed by atoms with Crippen LogP contribution in [-0.2, 0) is 0 Å². The third-order valence-electron chi connectivity index (χ3n) is 2.26. The van der Waals surface area contributed by atoms with E-state index < -0.39 is 0 Å². The van der Waals surface area contributed by atoms with E-state index in [1.807, 2.05) is 0 Å². The monoisotopic (exact) mass is 373 g/mol. The van der Waals surface area contributed by atoms with Gasteiger partial charge in [-0.25, -0.2) is 0 Å². The van der Waals surface area contributed by atoms with Gasteiger partial charge in [0.15, 0.2) is 0 Å². The Balaban J connectivity index is 2.36. The standard InChI is InChI=1S/C12H5Cl6N/c13-7-1-5(2-8(14)11(7)17)19-6-3-9(15)12(18)10(16)4-6/h1-4,19H. The Labute approximate surface area is 140 Å². The first kappa shape index (κ1) is 15.4. The van der Waals surface area contributed by atoms with Gasteiger partial charge in [-0.2, -0.15) is 0 Å². The number of hydrogen-bond donors (Lipinski definition) is 1. The summed E-state index contributed by atoms with van der Waals surface area (Å²) in [6.07, 6.45) is 0. The van der Waals surface area contributed by atoms with E-state index in [0.29, 0.717) is 41.5 Å². The average molecular weight is 376 g/mol. The van der Waals surface area contributed by atoms with E-state index in [9.17, 15) is 0 Å². The van der Waals surface area contributed by atoms with Crippen LogP contribution in [0.1, 0.15) is 0 Å². The molecule has 1 nitrogen and oxygen atoms in total. The lowest BCUT2D eigenvalue weighted by Crippen LogP contribution is -1.91. The first-order valence-corrected chi connectivity index (χ1v) is 7.21. The van der Waals surface area contributed by atoms with E-state index in [1.54, 1.807) is 24.3 Å². The van der Waals surface area contributed by atoms with E-state index in [2.05, 4.69) is 5.32 Å². The van der Waals surface area contributed by atoms with Crippen LogP contribution in [0.2, 0.25) is 30.1 Å². The first-order valence-electron chi connectivity index (χ1n) is 4.94. The van der Waals surface area contributed by atoms with Crippen LogP contribution in [0.25, 0.3) is 0 Å². The second-order valence-corrected chi connectivity index (χ2v) is 6.02. The highest BCUT2D eigenvalue weighted by molar-refractivity contribution is 6.49. The molecule has 2 aromatic rings. The molecule has 0 atom stereocenters. The first-order chi connectivity index (χ1) is 8.88. The second kappa shape index (κ2) is 6.17. The molecule has 0 aliphatic carbocycles. The van der Waals surface area contributed by atoms with Crippen LogP contribution in [-0.4, -0.2) is 0 Å².